The number of carbonyl (C=O) groups excluding carboxylic acids is 2. The van der Waals surface area contributed by atoms with Crippen LogP contribution in [-0.4, -0.2) is 22.4 Å². The lowest BCUT2D eigenvalue weighted by atomic mass is 9.67. The number of nitro groups is 1. The fourth-order valence-electron chi connectivity index (χ4n) is 4.76. The van der Waals surface area contributed by atoms with Gasteiger partial charge < -0.3 is 4.74 Å². The summed E-state index contributed by atoms with van der Waals surface area (Å²) < 4.78 is 5.64. The normalized spacial score (nSPS) is 21.8. The Morgan fingerprint density at radius 1 is 1.15 bits per heavy atom. The largest absolute Gasteiger partial charge is 0.460 e. The van der Waals surface area contributed by atoms with E-state index in [1.54, 1.807) is 19.1 Å². The number of nitrogens with zero attached hydrogens (tertiary/aromatic N) is 2. The summed E-state index contributed by atoms with van der Waals surface area (Å²) >= 11 is 0. The molecule has 2 aromatic carbocycles. The fraction of sp³-hybridized carbons (Fsp3) is 0.346. The molecule has 33 heavy (non-hydrogen) atoms. The highest BCUT2D eigenvalue weighted by atomic mass is 16.6. The molecule has 2 atom stereocenters. The van der Waals surface area contributed by atoms with Crippen molar-refractivity contribution >= 4 is 23.2 Å². The number of allylic oxidation sites excluding steroid dienone is 2. The second-order valence-electron chi connectivity index (χ2n) is 9.46. The third-order valence-corrected chi connectivity index (χ3v) is 6.22. The number of Topliss-reactive ketones (excluding diaryl/α,β-unsaturated/α-hetero) is 1. The highest BCUT2D eigenvalue weighted by Crippen LogP contribution is 2.48. The number of rotatable bonds is 5. The summed E-state index contributed by atoms with van der Waals surface area (Å²) in [5, 5.41) is 11.4. The van der Waals surface area contributed by atoms with Crippen molar-refractivity contribution in [2.75, 3.05) is 0 Å². The molecule has 0 fully saturated rings. The molecule has 1 heterocycles. The van der Waals surface area contributed by atoms with Crippen LogP contribution >= 0.6 is 0 Å². The number of ketones is 1. The van der Waals surface area contributed by atoms with Gasteiger partial charge in [0, 0.05) is 41.5 Å². The number of benzene rings is 2. The predicted molar refractivity (Wildman–Crippen MR) is 124 cm³/mol. The standard InChI is InChI=1S/C26H26N2O5/c1-16-22(25(30)33-15-17-8-5-4-6-9-17)23(18-10-7-11-19(12-18)28(31)32)24-20(27-16)13-26(2,3)14-21(24)29/h4-12,22-23H,13-15H2,1-3H3/t22?,23-/m1/s1. The summed E-state index contributed by atoms with van der Waals surface area (Å²) in [5.74, 6) is -2.08. The van der Waals surface area contributed by atoms with Crippen molar-refractivity contribution in [3.63, 3.8) is 0 Å². The van der Waals surface area contributed by atoms with Crippen molar-refractivity contribution < 1.29 is 19.2 Å². The van der Waals surface area contributed by atoms with Gasteiger partial charge in [0.1, 0.15) is 12.5 Å². The second kappa shape index (κ2) is 8.73. The summed E-state index contributed by atoms with van der Waals surface area (Å²) in [4.78, 5) is 42.2. The van der Waals surface area contributed by atoms with E-state index >= 15 is 0 Å². The molecular formula is C26H26N2O5. The van der Waals surface area contributed by atoms with E-state index in [2.05, 4.69) is 4.99 Å². The molecule has 0 saturated carbocycles. The third-order valence-electron chi connectivity index (χ3n) is 6.22. The number of hydrogen-bond donors (Lipinski definition) is 0. The lowest BCUT2D eigenvalue weighted by Gasteiger charge is -2.38. The fourth-order valence-corrected chi connectivity index (χ4v) is 4.76. The van der Waals surface area contributed by atoms with Crippen molar-refractivity contribution in [3.8, 4) is 0 Å². The van der Waals surface area contributed by atoms with Crippen molar-refractivity contribution in [1.82, 2.24) is 0 Å². The Labute approximate surface area is 192 Å². The Morgan fingerprint density at radius 3 is 2.58 bits per heavy atom. The SMILES string of the molecule is CC1=NC2=C(C(=O)CC(C)(C)C2)[C@H](c2cccc([N+](=O)[O-])c2)C1C(=O)OCc1ccccc1. The van der Waals surface area contributed by atoms with Gasteiger partial charge in [-0.15, -0.1) is 0 Å². The van der Waals surface area contributed by atoms with Gasteiger partial charge in [-0.05, 0) is 29.9 Å². The van der Waals surface area contributed by atoms with E-state index in [0.717, 1.165) is 5.56 Å². The molecule has 170 valence electrons. The van der Waals surface area contributed by atoms with Crippen LogP contribution < -0.4 is 0 Å². The number of esters is 1. The highest BCUT2D eigenvalue weighted by Gasteiger charge is 2.46. The smallest absolute Gasteiger partial charge is 0.315 e. The van der Waals surface area contributed by atoms with E-state index in [1.807, 2.05) is 44.2 Å². The number of aliphatic imine (C=N–C) groups is 1. The molecule has 0 spiro atoms. The molecule has 7 heteroatoms. The van der Waals surface area contributed by atoms with Crippen LogP contribution in [0.1, 0.15) is 50.7 Å². The van der Waals surface area contributed by atoms with Gasteiger partial charge in [-0.25, -0.2) is 0 Å². The van der Waals surface area contributed by atoms with Crippen molar-refractivity contribution in [2.45, 2.75) is 46.1 Å². The summed E-state index contributed by atoms with van der Waals surface area (Å²) in [6, 6.07) is 15.5. The van der Waals surface area contributed by atoms with Crippen LogP contribution in [0.2, 0.25) is 0 Å². The molecule has 7 nitrogen and oxygen atoms in total. The number of non-ortho nitro benzene ring substituents is 1. The van der Waals surface area contributed by atoms with Crippen LogP contribution in [0.5, 0.6) is 0 Å². The lowest BCUT2D eigenvalue weighted by molar-refractivity contribution is -0.384. The van der Waals surface area contributed by atoms with Gasteiger partial charge in [-0.2, -0.15) is 0 Å². The van der Waals surface area contributed by atoms with E-state index in [1.165, 1.54) is 12.1 Å². The molecule has 0 amide bonds. The van der Waals surface area contributed by atoms with Crippen LogP contribution in [-0.2, 0) is 20.9 Å². The maximum Gasteiger partial charge on any atom is 0.315 e. The maximum absolute atomic E-state index is 13.3. The summed E-state index contributed by atoms with van der Waals surface area (Å²) in [5.41, 5.74) is 2.75. The molecule has 0 saturated heterocycles. The zero-order valence-corrected chi connectivity index (χ0v) is 18.9. The average molecular weight is 447 g/mol. The number of ether oxygens (including phenoxy) is 1. The first kappa shape index (κ1) is 22.6. The Hall–Kier alpha value is -3.61. The molecule has 1 unspecified atom stereocenters. The molecule has 0 aromatic heterocycles. The van der Waals surface area contributed by atoms with Gasteiger partial charge in [0.05, 0.1) is 4.92 Å². The second-order valence-corrected chi connectivity index (χ2v) is 9.46. The molecular weight excluding hydrogens is 420 g/mol. The van der Waals surface area contributed by atoms with E-state index in [4.69, 9.17) is 4.74 Å². The Bertz CT molecular complexity index is 1180. The third kappa shape index (κ3) is 4.62. The molecule has 1 aliphatic heterocycles. The van der Waals surface area contributed by atoms with Gasteiger partial charge in [0.25, 0.3) is 5.69 Å². The summed E-state index contributed by atoms with van der Waals surface area (Å²) in [7, 11) is 0. The topological polar surface area (TPSA) is 98.9 Å². The van der Waals surface area contributed by atoms with Crippen molar-refractivity contribution in [3.05, 3.63) is 87.1 Å². The molecule has 1 aliphatic carbocycles. The van der Waals surface area contributed by atoms with Crippen molar-refractivity contribution in [2.24, 2.45) is 16.3 Å². The van der Waals surface area contributed by atoms with Gasteiger partial charge in [0.15, 0.2) is 5.78 Å². The molecule has 4 rings (SSSR count). The van der Waals surface area contributed by atoms with Crippen molar-refractivity contribution in [1.29, 1.82) is 0 Å². The quantitative estimate of drug-likeness (QED) is 0.359. The van der Waals surface area contributed by atoms with Gasteiger partial charge in [-0.1, -0.05) is 56.3 Å². The van der Waals surface area contributed by atoms with E-state index in [9.17, 15) is 19.7 Å². The predicted octanol–water partition coefficient (Wildman–Crippen LogP) is 5.16. The van der Waals surface area contributed by atoms with E-state index in [-0.39, 0.29) is 23.5 Å². The summed E-state index contributed by atoms with van der Waals surface area (Å²) in [6.45, 7) is 5.89. The van der Waals surface area contributed by atoms with Crippen LogP contribution in [0, 0.1) is 21.4 Å². The minimum absolute atomic E-state index is 0.0742. The Morgan fingerprint density at radius 2 is 1.88 bits per heavy atom. The highest BCUT2D eigenvalue weighted by molar-refractivity contribution is 6.09. The minimum Gasteiger partial charge on any atom is -0.460 e. The molecule has 0 bridgehead atoms. The lowest BCUT2D eigenvalue weighted by Crippen LogP contribution is -2.39. The van der Waals surface area contributed by atoms with Gasteiger partial charge >= 0.3 is 5.97 Å². The zero-order valence-electron chi connectivity index (χ0n) is 18.9. The van der Waals surface area contributed by atoms with Crippen LogP contribution in [0.4, 0.5) is 5.69 Å². The molecule has 2 aromatic rings. The molecule has 0 radical (unpaired) electrons. The van der Waals surface area contributed by atoms with Crippen LogP contribution in [0.25, 0.3) is 0 Å². The molecule has 0 N–H and O–H groups in total. The Kier molecular flexibility index (Phi) is 5.97. The minimum atomic E-state index is -0.834. The first-order valence-corrected chi connectivity index (χ1v) is 10.9. The average Bonchev–Trinajstić information content (AvgIpc) is 2.76. The molecule has 2 aliphatic rings. The maximum atomic E-state index is 13.3. The number of carbonyl (C=O) groups is 2. The first-order valence-electron chi connectivity index (χ1n) is 10.9. The van der Waals surface area contributed by atoms with E-state index < -0.39 is 22.7 Å². The van der Waals surface area contributed by atoms with Crippen LogP contribution in [0.3, 0.4) is 0 Å². The Balaban J connectivity index is 1.76. The number of nitro benzene ring substituents is 1. The van der Waals surface area contributed by atoms with Gasteiger partial charge in [0.2, 0.25) is 0 Å². The van der Waals surface area contributed by atoms with Crippen LogP contribution in [0.15, 0.2) is 70.9 Å². The summed E-state index contributed by atoms with van der Waals surface area (Å²) in [6.07, 6.45) is 0.931. The first-order chi connectivity index (χ1) is 15.7. The zero-order chi connectivity index (χ0) is 23.8. The van der Waals surface area contributed by atoms with Gasteiger partial charge in [-0.3, -0.25) is 24.7 Å². The number of hydrogen-bond acceptors (Lipinski definition) is 6. The van der Waals surface area contributed by atoms with E-state index in [0.29, 0.717) is 35.4 Å². The monoisotopic (exact) mass is 446 g/mol.